The molecule has 0 bridgehead atoms. The molecule has 0 radical (unpaired) electrons. The number of hydrogen-bond acceptors (Lipinski definition) is 1. The molecule has 0 N–H and O–H groups in total. The summed E-state index contributed by atoms with van der Waals surface area (Å²) in [5.74, 6) is 0. The van der Waals surface area contributed by atoms with Gasteiger partial charge in [0.05, 0.1) is 0 Å². The second kappa shape index (κ2) is 5.56. The highest BCUT2D eigenvalue weighted by Gasteiger charge is 2.21. The van der Waals surface area contributed by atoms with Crippen molar-refractivity contribution in [1.29, 1.82) is 0 Å². The van der Waals surface area contributed by atoms with Gasteiger partial charge in [-0.05, 0) is 24.3 Å². The van der Waals surface area contributed by atoms with Gasteiger partial charge in [-0.3, -0.25) is 4.79 Å². The molecule has 0 saturated heterocycles. The van der Waals surface area contributed by atoms with Gasteiger partial charge in [-0.2, -0.15) is 0 Å². The quantitative estimate of drug-likeness (QED) is 0.596. The van der Waals surface area contributed by atoms with E-state index in [2.05, 4.69) is 24.3 Å². The van der Waals surface area contributed by atoms with Gasteiger partial charge in [0.1, 0.15) is 0 Å². The summed E-state index contributed by atoms with van der Waals surface area (Å²) >= 11 is 0. The molecule has 2 aromatic rings. The monoisotopic (exact) mass is 241 g/mol. The summed E-state index contributed by atoms with van der Waals surface area (Å²) < 4.78 is 0. The van der Waals surface area contributed by atoms with Crippen LogP contribution in [0.3, 0.4) is 0 Å². The van der Waals surface area contributed by atoms with E-state index in [0.29, 0.717) is 0 Å². The number of rotatable bonds is 3. The minimum atomic E-state index is -0.664. The van der Waals surface area contributed by atoms with Crippen molar-refractivity contribution < 1.29 is 4.79 Å². The maximum Gasteiger partial charge on any atom is 0.188 e. The molecule has 2 aromatic carbocycles. The first-order chi connectivity index (χ1) is 8.33. The molecule has 0 aromatic heterocycles. The minimum absolute atomic E-state index is 0.664. The molecule has 1 nitrogen and oxygen atoms in total. The standard InChI is InChI=1S/C15H14OP/c1-13(12-16)17(14-8-4-2-5-9-14)15-10-6-3-7-11-15/h2-12H,1H3/q+1. The normalized spacial score (nSPS) is 9.71. The van der Waals surface area contributed by atoms with Crippen LogP contribution in [-0.2, 0) is 4.79 Å². The lowest BCUT2D eigenvalue weighted by Gasteiger charge is -1.97. The van der Waals surface area contributed by atoms with Crippen LogP contribution in [0.1, 0.15) is 6.92 Å². The molecule has 0 amide bonds. The minimum Gasteiger partial charge on any atom is -0.294 e. The first-order valence-electron chi connectivity index (χ1n) is 5.52. The van der Waals surface area contributed by atoms with Crippen molar-refractivity contribution in [3.8, 4) is 0 Å². The molecule has 0 atom stereocenters. The summed E-state index contributed by atoms with van der Waals surface area (Å²) in [5.41, 5.74) is 0. The smallest absolute Gasteiger partial charge is 0.188 e. The molecule has 0 unspecified atom stereocenters. The van der Waals surface area contributed by atoms with Crippen LogP contribution in [0.15, 0.2) is 60.7 Å². The van der Waals surface area contributed by atoms with E-state index in [0.717, 1.165) is 11.6 Å². The van der Waals surface area contributed by atoms with Crippen molar-refractivity contribution in [2.75, 3.05) is 0 Å². The number of aldehydes is 1. The fourth-order valence-electron chi connectivity index (χ4n) is 1.76. The Kier molecular flexibility index (Phi) is 3.85. The molecule has 84 valence electrons. The third-order valence-electron chi connectivity index (χ3n) is 2.55. The van der Waals surface area contributed by atoms with Gasteiger partial charge < -0.3 is 0 Å². The maximum absolute atomic E-state index is 11.1. The van der Waals surface area contributed by atoms with Gasteiger partial charge in [0.2, 0.25) is 0 Å². The molecule has 2 rings (SSSR count). The Morgan fingerprint density at radius 1 is 0.882 bits per heavy atom. The topological polar surface area (TPSA) is 17.1 Å². The predicted octanol–water partition coefficient (Wildman–Crippen LogP) is 2.51. The maximum atomic E-state index is 11.1. The Hall–Kier alpha value is -1.72. The van der Waals surface area contributed by atoms with Gasteiger partial charge in [-0.15, -0.1) is 0 Å². The van der Waals surface area contributed by atoms with E-state index in [4.69, 9.17) is 0 Å². The van der Waals surface area contributed by atoms with Crippen LogP contribution in [0.2, 0.25) is 0 Å². The first kappa shape index (κ1) is 11.8. The first-order valence-corrected chi connectivity index (χ1v) is 6.86. The van der Waals surface area contributed by atoms with Crippen molar-refractivity contribution in [2.45, 2.75) is 6.92 Å². The van der Waals surface area contributed by atoms with Crippen LogP contribution in [0.5, 0.6) is 0 Å². The van der Waals surface area contributed by atoms with Crippen LogP contribution in [0.4, 0.5) is 0 Å². The number of carbonyl (C=O) groups is 1. The largest absolute Gasteiger partial charge is 0.294 e. The average molecular weight is 241 g/mol. The van der Waals surface area contributed by atoms with Gasteiger partial charge in [-0.25, -0.2) is 0 Å². The van der Waals surface area contributed by atoms with E-state index in [1.807, 2.05) is 43.3 Å². The lowest BCUT2D eigenvalue weighted by atomic mass is 10.4. The van der Waals surface area contributed by atoms with Crippen LogP contribution in [0, 0.1) is 0 Å². The molecule has 0 aliphatic carbocycles. The van der Waals surface area contributed by atoms with E-state index in [9.17, 15) is 4.79 Å². The van der Waals surface area contributed by atoms with Gasteiger partial charge >= 0.3 is 0 Å². The fourth-order valence-corrected chi connectivity index (χ4v) is 3.92. The lowest BCUT2D eigenvalue weighted by Crippen LogP contribution is -2.11. The second-order valence-corrected chi connectivity index (χ2v) is 6.17. The van der Waals surface area contributed by atoms with Crippen LogP contribution in [0.25, 0.3) is 0 Å². The van der Waals surface area contributed by atoms with Crippen molar-refractivity contribution in [1.82, 2.24) is 0 Å². The number of hydrogen-bond donors (Lipinski definition) is 0. The summed E-state index contributed by atoms with van der Waals surface area (Å²) in [6.07, 6.45) is 0.978. The van der Waals surface area contributed by atoms with Crippen LogP contribution in [-0.4, -0.2) is 11.6 Å². The van der Waals surface area contributed by atoms with Crippen molar-refractivity contribution in [2.24, 2.45) is 0 Å². The van der Waals surface area contributed by atoms with Crippen molar-refractivity contribution in [3.05, 3.63) is 60.7 Å². The molecule has 0 aliphatic heterocycles. The Morgan fingerprint density at radius 2 is 1.29 bits per heavy atom. The van der Waals surface area contributed by atoms with E-state index < -0.39 is 7.55 Å². The molecule has 17 heavy (non-hydrogen) atoms. The zero-order valence-electron chi connectivity index (χ0n) is 9.71. The second-order valence-electron chi connectivity index (χ2n) is 3.77. The van der Waals surface area contributed by atoms with E-state index >= 15 is 0 Å². The molecule has 0 saturated carbocycles. The number of benzene rings is 2. The summed E-state index contributed by atoms with van der Waals surface area (Å²) in [4.78, 5) is 11.1. The van der Waals surface area contributed by atoms with Crippen molar-refractivity contribution in [3.63, 3.8) is 0 Å². The molecule has 0 spiro atoms. The lowest BCUT2D eigenvalue weighted by molar-refractivity contribution is -0.102. The summed E-state index contributed by atoms with van der Waals surface area (Å²) in [5, 5.41) is 3.34. The van der Waals surface area contributed by atoms with E-state index in [-0.39, 0.29) is 0 Å². The Labute approximate surface area is 103 Å². The highest BCUT2D eigenvalue weighted by atomic mass is 31.1. The Balaban J connectivity index is 2.60. The van der Waals surface area contributed by atoms with Gasteiger partial charge in [0.15, 0.2) is 29.7 Å². The Morgan fingerprint density at radius 3 is 1.65 bits per heavy atom. The summed E-state index contributed by atoms with van der Waals surface area (Å²) in [6, 6.07) is 20.4. The van der Waals surface area contributed by atoms with E-state index in [1.54, 1.807) is 0 Å². The number of carbonyl (C=O) groups excluding carboxylic acids is 1. The molecule has 0 aliphatic rings. The highest BCUT2D eigenvalue weighted by Crippen LogP contribution is 2.23. The summed E-state index contributed by atoms with van der Waals surface area (Å²) in [7, 11) is -0.664. The van der Waals surface area contributed by atoms with Gasteiger partial charge in [0.25, 0.3) is 0 Å². The molecule has 0 fully saturated rings. The van der Waals surface area contributed by atoms with Crippen molar-refractivity contribution >= 4 is 29.7 Å². The predicted molar refractivity (Wildman–Crippen MR) is 75.8 cm³/mol. The molecular formula is C15H14OP+. The highest BCUT2D eigenvalue weighted by molar-refractivity contribution is 7.74. The third kappa shape index (κ3) is 2.69. The molecule has 2 heteroatoms. The average Bonchev–Trinajstić information content (AvgIpc) is 2.41. The molecule has 0 heterocycles. The zero-order chi connectivity index (χ0) is 12.1. The van der Waals surface area contributed by atoms with Gasteiger partial charge in [-0.1, -0.05) is 36.4 Å². The zero-order valence-corrected chi connectivity index (χ0v) is 10.6. The Bertz CT molecular complexity index is 488. The SMILES string of the molecule is CC(C=O)=[P+](c1ccccc1)c1ccccc1. The fraction of sp³-hybridized carbons (Fsp3) is 0.0667. The van der Waals surface area contributed by atoms with E-state index in [1.165, 1.54) is 10.6 Å². The summed E-state index contributed by atoms with van der Waals surface area (Å²) in [6.45, 7) is 1.92. The van der Waals surface area contributed by atoms with Crippen LogP contribution >= 0.6 is 7.55 Å². The van der Waals surface area contributed by atoms with Crippen LogP contribution < -0.4 is 10.6 Å². The molecular weight excluding hydrogens is 227 g/mol. The third-order valence-corrected chi connectivity index (χ3v) is 4.99. The van der Waals surface area contributed by atoms with Gasteiger partial charge in [0, 0.05) is 6.92 Å².